The molecule has 1 aromatic carbocycles. The van der Waals surface area contributed by atoms with Crippen molar-refractivity contribution < 1.29 is 14.5 Å². The Morgan fingerprint density at radius 1 is 1.29 bits per heavy atom. The van der Waals surface area contributed by atoms with E-state index in [2.05, 4.69) is 0 Å². The lowest BCUT2D eigenvalue weighted by atomic mass is 9.78. The number of benzene rings is 1. The summed E-state index contributed by atoms with van der Waals surface area (Å²) in [6.45, 7) is 0.706. The van der Waals surface area contributed by atoms with Crippen molar-refractivity contribution in [1.82, 2.24) is 4.90 Å². The molecule has 0 N–H and O–H groups in total. The average molecular weight is 353 g/mol. The molecule has 130 valence electrons. The first-order valence-corrected chi connectivity index (χ1v) is 8.80. The van der Waals surface area contributed by atoms with Crippen LogP contribution in [-0.4, -0.2) is 34.9 Å². The lowest BCUT2D eigenvalue weighted by Gasteiger charge is -2.44. The van der Waals surface area contributed by atoms with Gasteiger partial charge in [-0.15, -0.1) is 0 Å². The van der Waals surface area contributed by atoms with Crippen molar-refractivity contribution in [1.29, 1.82) is 0 Å². The number of carbonyl (C=O) groups excluding carboxylic acids is 1. The van der Waals surface area contributed by atoms with Gasteiger partial charge in [-0.2, -0.15) is 0 Å². The van der Waals surface area contributed by atoms with E-state index in [0.717, 1.165) is 19.4 Å². The van der Waals surface area contributed by atoms with E-state index in [9.17, 15) is 14.9 Å². The van der Waals surface area contributed by atoms with E-state index in [1.165, 1.54) is 43.9 Å². The number of hydrogen-bond donors (Lipinski definition) is 0. The molecule has 2 aliphatic rings. The van der Waals surface area contributed by atoms with Crippen molar-refractivity contribution in [3.8, 4) is 5.75 Å². The second-order valence-corrected chi connectivity index (χ2v) is 6.91. The van der Waals surface area contributed by atoms with Crippen molar-refractivity contribution in [2.45, 2.75) is 44.6 Å². The number of halogens is 1. The first-order valence-electron chi connectivity index (χ1n) is 8.42. The van der Waals surface area contributed by atoms with Crippen LogP contribution in [0.15, 0.2) is 18.2 Å². The molecule has 2 atom stereocenters. The number of rotatable bonds is 4. The van der Waals surface area contributed by atoms with Crippen LogP contribution < -0.4 is 4.74 Å². The highest BCUT2D eigenvalue weighted by Gasteiger charge is 2.35. The predicted molar refractivity (Wildman–Crippen MR) is 90.3 cm³/mol. The highest BCUT2D eigenvalue weighted by molar-refractivity contribution is 6.32. The van der Waals surface area contributed by atoms with Gasteiger partial charge in [0.15, 0.2) is 6.61 Å². The fourth-order valence-corrected chi connectivity index (χ4v) is 4.11. The van der Waals surface area contributed by atoms with Crippen LogP contribution >= 0.6 is 11.6 Å². The first-order chi connectivity index (χ1) is 11.6. The molecule has 1 aliphatic heterocycles. The number of ether oxygens (including phenoxy) is 1. The number of piperidine rings is 1. The molecule has 1 aromatic rings. The molecule has 1 heterocycles. The SMILES string of the molecule is O=C(COc1ccc([N+](=O)[O-])cc1Cl)N1CCC[C@H]2CCCC[C@H]21. The summed E-state index contributed by atoms with van der Waals surface area (Å²) in [6.07, 6.45) is 6.99. The molecule has 1 saturated heterocycles. The normalized spacial score (nSPS) is 23.5. The summed E-state index contributed by atoms with van der Waals surface area (Å²) in [6, 6.07) is 4.34. The third kappa shape index (κ3) is 3.64. The van der Waals surface area contributed by atoms with E-state index in [1.54, 1.807) is 0 Å². The summed E-state index contributed by atoms with van der Waals surface area (Å²) in [7, 11) is 0. The van der Waals surface area contributed by atoms with Gasteiger partial charge in [-0.25, -0.2) is 0 Å². The smallest absolute Gasteiger partial charge is 0.271 e. The summed E-state index contributed by atoms with van der Waals surface area (Å²) in [5, 5.41) is 10.9. The van der Waals surface area contributed by atoms with Gasteiger partial charge in [0.25, 0.3) is 11.6 Å². The molecule has 3 rings (SSSR count). The molecule has 0 unspecified atom stereocenters. The Hall–Kier alpha value is -1.82. The second-order valence-electron chi connectivity index (χ2n) is 6.50. The van der Waals surface area contributed by atoms with E-state index in [0.29, 0.717) is 17.7 Å². The molecular weight excluding hydrogens is 332 g/mol. The molecule has 7 heteroatoms. The first kappa shape index (κ1) is 17.0. The van der Waals surface area contributed by atoms with Gasteiger partial charge in [-0.1, -0.05) is 24.4 Å². The Balaban J connectivity index is 1.61. The van der Waals surface area contributed by atoms with Crippen LogP contribution in [-0.2, 0) is 4.79 Å². The third-order valence-corrected chi connectivity index (χ3v) is 5.34. The largest absolute Gasteiger partial charge is 0.482 e. The van der Waals surface area contributed by atoms with Crippen molar-refractivity contribution in [2.75, 3.05) is 13.2 Å². The fraction of sp³-hybridized carbons (Fsp3) is 0.588. The molecule has 1 aliphatic carbocycles. The van der Waals surface area contributed by atoms with Gasteiger partial charge < -0.3 is 9.64 Å². The van der Waals surface area contributed by atoms with Crippen molar-refractivity contribution in [3.05, 3.63) is 33.3 Å². The monoisotopic (exact) mass is 352 g/mol. The number of hydrogen-bond acceptors (Lipinski definition) is 4. The molecule has 6 nitrogen and oxygen atoms in total. The molecule has 1 amide bonds. The molecule has 0 spiro atoms. The molecule has 0 bridgehead atoms. The number of fused-ring (bicyclic) bond motifs is 1. The van der Waals surface area contributed by atoms with Gasteiger partial charge in [-0.05, 0) is 37.7 Å². The summed E-state index contributed by atoms with van der Waals surface area (Å²) in [4.78, 5) is 24.7. The maximum absolute atomic E-state index is 12.6. The molecule has 2 fully saturated rings. The third-order valence-electron chi connectivity index (χ3n) is 5.04. The van der Waals surface area contributed by atoms with Crippen LogP contribution in [0.1, 0.15) is 38.5 Å². The van der Waals surface area contributed by atoms with Gasteiger partial charge in [0.05, 0.1) is 9.95 Å². The predicted octanol–water partition coefficient (Wildman–Crippen LogP) is 3.81. The lowest BCUT2D eigenvalue weighted by Crippen LogP contribution is -2.51. The van der Waals surface area contributed by atoms with Crippen LogP contribution in [0, 0.1) is 16.0 Å². The van der Waals surface area contributed by atoms with E-state index < -0.39 is 4.92 Å². The van der Waals surface area contributed by atoms with Gasteiger partial charge in [-0.3, -0.25) is 14.9 Å². The Morgan fingerprint density at radius 2 is 2.04 bits per heavy atom. The number of nitro benzene ring substituents is 1. The van der Waals surface area contributed by atoms with E-state index in [1.807, 2.05) is 4.90 Å². The Morgan fingerprint density at radius 3 is 2.79 bits per heavy atom. The van der Waals surface area contributed by atoms with Gasteiger partial charge in [0.1, 0.15) is 5.75 Å². The molecule has 0 aromatic heterocycles. The quantitative estimate of drug-likeness (QED) is 0.610. The summed E-state index contributed by atoms with van der Waals surface area (Å²) in [5.74, 6) is 0.897. The number of nitro groups is 1. The lowest BCUT2D eigenvalue weighted by molar-refractivity contribution is -0.384. The van der Waals surface area contributed by atoms with Crippen molar-refractivity contribution >= 4 is 23.2 Å². The summed E-state index contributed by atoms with van der Waals surface area (Å²) in [5.41, 5.74) is -0.0974. The van der Waals surface area contributed by atoms with Gasteiger partial charge >= 0.3 is 0 Å². The maximum Gasteiger partial charge on any atom is 0.271 e. The zero-order chi connectivity index (χ0) is 17.1. The van der Waals surface area contributed by atoms with Crippen LogP contribution in [0.3, 0.4) is 0 Å². The Labute approximate surface area is 145 Å². The van der Waals surface area contributed by atoms with Crippen LogP contribution in [0.4, 0.5) is 5.69 Å². The molecule has 1 saturated carbocycles. The number of likely N-dealkylation sites (tertiary alicyclic amines) is 1. The number of nitrogens with zero attached hydrogens (tertiary/aromatic N) is 2. The molecular formula is C17H21ClN2O4. The number of carbonyl (C=O) groups is 1. The highest BCUT2D eigenvalue weighted by Crippen LogP contribution is 2.35. The summed E-state index contributed by atoms with van der Waals surface area (Å²) < 4.78 is 5.52. The van der Waals surface area contributed by atoms with E-state index in [4.69, 9.17) is 16.3 Å². The number of non-ortho nitro benzene ring substituents is 1. The zero-order valence-corrected chi connectivity index (χ0v) is 14.2. The van der Waals surface area contributed by atoms with Gasteiger partial charge in [0, 0.05) is 24.7 Å². The molecule has 0 radical (unpaired) electrons. The van der Waals surface area contributed by atoms with Gasteiger partial charge in [0.2, 0.25) is 0 Å². The standard InChI is InChI=1S/C17H21ClN2O4/c18-14-10-13(20(22)23)7-8-16(14)24-11-17(21)19-9-3-5-12-4-1-2-6-15(12)19/h7-8,10,12,15H,1-6,9,11H2/t12-,15-/m1/s1. The minimum absolute atomic E-state index is 0.0268. The number of amides is 1. The average Bonchev–Trinajstić information content (AvgIpc) is 2.59. The minimum atomic E-state index is -0.516. The highest BCUT2D eigenvalue weighted by atomic mass is 35.5. The minimum Gasteiger partial charge on any atom is -0.482 e. The Bertz CT molecular complexity index is 635. The van der Waals surface area contributed by atoms with Crippen LogP contribution in [0.2, 0.25) is 5.02 Å². The summed E-state index contributed by atoms with van der Waals surface area (Å²) >= 11 is 6.00. The fourth-order valence-electron chi connectivity index (χ4n) is 3.88. The van der Waals surface area contributed by atoms with Crippen molar-refractivity contribution in [2.24, 2.45) is 5.92 Å². The Kier molecular flexibility index (Phi) is 5.23. The van der Waals surface area contributed by atoms with E-state index >= 15 is 0 Å². The zero-order valence-electron chi connectivity index (χ0n) is 13.4. The maximum atomic E-state index is 12.6. The van der Waals surface area contributed by atoms with Crippen molar-refractivity contribution in [3.63, 3.8) is 0 Å². The van der Waals surface area contributed by atoms with E-state index in [-0.39, 0.29) is 23.2 Å². The second kappa shape index (κ2) is 7.38. The van der Waals surface area contributed by atoms with Crippen LogP contribution in [0.5, 0.6) is 5.75 Å². The van der Waals surface area contributed by atoms with Crippen LogP contribution in [0.25, 0.3) is 0 Å². The topological polar surface area (TPSA) is 72.7 Å². The molecule has 24 heavy (non-hydrogen) atoms.